The van der Waals surface area contributed by atoms with Crippen LogP contribution in [0.2, 0.25) is 0 Å². The summed E-state index contributed by atoms with van der Waals surface area (Å²) in [4.78, 5) is 15.4. The van der Waals surface area contributed by atoms with Gasteiger partial charge in [0.05, 0.1) is 0 Å². The molecule has 2 atom stereocenters. The third-order valence-electron chi connectivity index (χ3n) is 5.99. The van der Waals surface area contributed by atoms with Crippen LogP contribution in [-0.2, 0) is 11.2 Å². The fourth-order valence-corrected chi connectivity index (χ4v) is 4.57. The van der Waals surface area contributed by atoms with E-state index in [4.69, 9.17) is 0 Å². The molecular weight excluding hydrogens is 282 g/mol. The van der Waals surface area contributed by atoms with Gasteiger partial charge in [0.1, 0.15) is 5.78 Å². The highest BCUT2D eigenvalue weighted by Crippen LogP contribution is 2.36. The molecule has 0 radical (unpaired) electrons. The number of carbonyl (C=O) groups is 1. The standard InChI is InChI=1S/C21H25NO/c1-22-19-7-4-8-20(22)14-18(13-19)21(23)12-15-9-10-16-5-2-3-6-17(16)11-15/h2-3,5-6,9-11,18-20H,4,7-8,12-14H2,1H3. The molecule has 2 aliphatic heterocycles. The van der Waals surface area contributed by atoms with Crippen LogP contribution >= 0.6 is 0 Å². The van der Waals surface area contributed by atoms with Gasteiger partial charge in [-0.3, -0.25) is 4.79 Å². The van der Waals surface area contributed by atoms with Crippen molar-refractivity contribution in [2.45, 2.75) is 50.6 Å². The Morgan fingerprint density at radius 2 is 1.74 bits per heavy atom. The zero-order chi connectivity index (χ0) is 15.8. The molecule has 0 saturated carbocycles. The average molecular weight is 307 g/mol. The Kier molecular flexibility index (Phi) is 3.94. The topological polar surface area (TPSA) is 20.3 Å². The minimum absolute atomic E-state index is 0.271. The predicted molar refractivity (Wildman–Crippen MR) is 94.6 cm³/mol. The van der Waals surface area contributed by atoms with E-state index in [1.165, 1.54) is 30.0 Å². The zero-order valence-electron chi connectivity index (χ0n) is 13.9. The smallest absolute Gasteiger partial charge is 0.140 e. The van der Waals surface area contributed by atoms with Crippen LogP contribution in [0.3, 0.4) is 0 Å². The molecule has 2 heteroatoms. The molecule has 0 aliphatic carbocycles. The van der Waals surface area contributed by atoms with E-state index in [1.807, 2.05) is 0 Å². The highest BCUT2D eigenvalue weighted by Gasteiger charge is 2.38. The Hall–Kier alpha value is -1.67. The van der Waals surface area contributed by atoms with E-state index in [1.54, 1.807) is 0 Å². The first kappa shape index (κ1) is 14.9. The summed E-state index contributed by atoms with van der Waals surface area (Å²) >= 11 is 0. The molecule has 120 valence electrons. The van der Waals surface area contributed by atoms with E-state index in [9.17, 15) is 4.79 Å². The van der Waals surface area contributed by atoms with Crippen molar-refractivity contribution in [1.82, 2.24) is 4.90 Å². The van der Waals surface area contributed by atoms with Crippen LogP contribution < -0.4 is 0 Å². The summed E-state index contributed by atoms with van der Waals surface area (Å²) in [5.74, 6) is 0.721. The second-order valence-corrected chi connectivity index (χ2v) is 7.40. The molecule has 23 heavy (non-hydrogen) atoms. The summed E-state index contributed by atoms with van der Waals surface area (Å²) in [6.45, 7) is 0. The van der Waals surface area contributed by atoms with Crippen molar-refractivity contribution in [1.29, 1.82) is 0 Å². The van der Waals surface area contributed by atoms with Gasteiger partial charge >= 0.3 is 0 Å². The summed E-state index contributed by atoms with van der Waals surface area (Å²) in [5, 5.41) is 2.48. The van der Waals surface area contributed by atoms with E-state index < -0.39 is 0 Å². The van der Waals surface area contributed by atoms with Crippen LogP contribution in [0.15, 0.2) is 42.5 Å². The van der Waals surface area contributed by atoms with Crippen LogP contribution in [0, 0.1) is 5.92 Å². The van der Waals surface area contributed by atoms with Gasteiger partial charge in [-0.05, 0) is 49.1 Å². The normalized spacial score (nSPS) is 28.0. The fraction of sp³-hybridized carbons (Fsp3) is 0.476. The Bertz CT molecular complexity index is 709. The molecule has 2 saturated heterocycles. The molecule has 4 rings (SSSR count). The fourth-order valence-electron chi connectivity index (χ4n) is 4.57. The summed E-state index contributed by atoms with van der Waals surface area (Å²) < 4.78 is 0. The molecule has 2 nitrogen and oxygen atoms in total. The Balaban J connectivity index is 1.48. The van der Waals surface area contributed by atoms with Crippen LogP contribution in [0.1, 0.15) is 37.7 Å². The monoisotopic (exact) mass is 307 g/mol. The molecule has 2 fully saturated rings. The quantitative estimate of drug-likeness (QED) is 0.846. The minimum atomic E-state index is 0.271. The largest absolute Gasteiger partial charge is 0.300 e. The lowest BCUT2D eigenvalue weighted by molar-refractivity contribution is -0.125. The summed E-state index contributed by atoms with van der Waals surface area (Å²) in [5.41, 5.74) is 1.16. The van der Waals surface area contributed by atoms with Gasteiger partial charge in [-0.25, -0.2) is 0 Å². The van der Waals surface area contributed by atoms with Crippen molar-refractivity contribution in [3.05, 3.63) is 48.0 Å². The van der Waals surface area contributed by atoms with Gasteiger partial charge in [-0.15, -0.1) is 0 Å². The molecule has 2 heterocycles. The molecule has 2 aromatic carbocycles. The number of ketones is 1. The Morgan fingerprint density at radius 3 is 2.48 bits per heavy atom. The van der Waals surface area contributed by atoms with Crippen molar-refractivity contribution in [2.75, 3.05) is 7.05 Å². The van der Waals surface area contributed by atoms with Crippen molar-refractivity contribution >= 4 is 16.6 Å². The Labute approximate surface area is 138 Å². The number of nitrogens with zero attached hydrogens (tertiary/aromatic N) is 1. The van der Waals surface area contributed by atoms with E-state index in [0.29, 0.717) is 24.3 Å². The molecular formula is C21H25NO. The van der Waals surface area contributed by atoms with Gasteiger partial charge < -0.3 is 4.90 Å². The van der Waals surface area contributed by atoms with Crippen LogP contribution in [0.25, 0.3) is 10.8 Å². The van der Waals surface area contributed by atoms with Gasteiger partial charge in [-0.2, -0.15) is 0 Å². The number of hydrogen-bond donors (Lipinski definition) is 0. The second kappa shape index (κ2) is 6.09. The maximum atomic E-state index is 12.8. The molecule has 2 bridgehead atoms. The van der Waals surface area contributed by atoms with Crippen molar-refractivity contribution in [3.8, 4) is 0 Å². The first-order valence-corrected chi connectivity index (χ1v) is 8.93. The third-order valence-corrected chi connectivity index (χ3v) is 5.99. The third kappa shape index (κ3) is 2.92. The van der Waals surface area contributed by atoms with Gasteiger partial charge in [0, 0.05) is 24.4 Å². The van der Waals surface area contributed by atoms with Gasteiger partial charge in [0.2, 0.25) is 0 Å². The minimum Gasteiger partial charge on any atom is -0.300 e. The van der Waals surface area contributed by atoms with E-state index >= 15 is 0 Å². The molecule has 0 amide bonds. The van der Waals surface area contributed by atoms with Gasteiger partial charge in [0.15, 0.2) is 0 Å². The SMILES string of the molecule is CN1C2CCCC1CC(C(=O)Cc1ccc3ccccc3c1)C2. The summed E-state index contributed by atoms with van der Waals surface area (Å²) in [6.07, 6.45) is 6.61. The van der Waals surface area contributed by atoms with Crippen molar-refractivity contribution in [3.63, 3.8) is 0 Å². The number of hydrogen-bond acceptors (Lipinski definition) is 2. The van der Waals surface area contributed by atoms with E-state index in [-0.39, 0.29) is 5.92 Å². The maximum absolute atomic E-state index is 12.8. The van der Waals surface area contributed by atoms with Crippen LogP contribution in [0.4, 0.5) is 0 Å². The summed E-state index contributed by atoms with van der Waals surface area (Å²) in [7, 11) is 2.25. The van der Waals surface area contributed by atoms with E-state index in [2.05, 4.69) is 54.4 Å². The summed E-state index contributed by atoms with van der Waals surface area (Å²) in [6, 6.07) is 16.1. The lowest BCUT2D eigenvalue weighted by Crippen LogP contribution is -2.51. The lowest BCUT2D eigenvalue weighted by Gasteiger charge is -2.46. The lowest BCUT2D eigenvalue weighted by atomic mass is 9.76. The van der Waals surface area contributed by atoms with Crippen molar-refractivity contribution < 1.29 is 4.79 Å². The molecule has 2 aromatic rings. The van der Waals surface area contributed by atoms with E-state index in [0.717, 1.165) is 18.4 Å². The molecule has 0 aromatic heterocycles. The van der Waals surface area contributed by atoms with Gasteiger partial charge in [0.25, 0.3) is 0 Å². The number of benzene rings is 2. The van der Waals surface area contributed by atoms with Crippen LogP contribution in [-0.4, -0.2) is 29.8 Å². The molecule has 0 N–H and O–H groups in total. The second-order valence-electron chi connectivity index (χ2n) is 7.40. The maximum Gasteiger partial charge on any atom is 0.140 e. The molecule has 2 aliphatic rings. The van der Waals surface area contributed by atoms with Gasteiger partial charge in [-0.1, -0.05) is 48.9 Å². The number of Topliss-reactive ketones (excluding diaryl/α,β-unsaturated/α-hetero) is 1. The van der Waals surface area contributed by atoms with Crippen molar-refractivity contribution in [2.24, 2.45) is 5.92 Å². The molecule has 2 unspecified atom stereocenters. The average Bonchev–Trinajstić information content (AvgIpc) is 2.54. The Morgan fingerprint density at radius 1 is 1.04 bits per heavy atom. The highest BCUT2D eigenvalue weighted by molar-refractivity contribution is 5.87. The zero-order valence-corrected chi connectivity index (χ0v) is 13.9. The number of rotatable bonds is 3. The highest BCUT2D eigenvalue weighted by atomic mass is 16.1. The number of fused-ring (bicyclic) bond motifs is 3. The number of piperidine rings is 2. The number of carbonyl (C=O) groups excluding carboxylic acids is 1. The van der Waals surface area contributed by atoms with Crippen LogP contribution in [0.5, 0.6) is 0 Å². The molecule has 0 spiro atoms. The predicted octanol–water partition coefficient (Wildman–Crippen LogP) is 4.21. The first-order chi connectivity index (χ1) is 11.2. The first-order valence-electron chi connectivity index (χ1n) is 8.93.